The van der Waals surface area contributed by atoms with E-state index in [9.17, 15) is 9.59 Å². The highest BCUT2D eigenvalue weighted by atomic mass is 16.2. The van der Waals surface area contributed by atoms with Gasteiger partial charge in [0.1, 0.15) is 5.41 Å². The van der Waals surface area contributed by atoms with Gasteiger partial charge < -0.3 is 10.6 Å². The molecule has 0 aliphatic carbocycles. The highest BCUT2D eigenvalue weighted by molar-refractivity contribution is 5.85. The summed E-state index contributed by atoms with van der Waals surface area (Å²) in [4.78, 5) is 22.4. The molecule has 15 heavy (non-hydrogen) atoms. The highest BCUT2D eigenvalue weighted by Crippen LogP contribution is 2.12. The third kappa shape index (κ3) is 5.01. The molecule has 84 valence electrons. The van der Waals surface area contributed by atoms with Crippen LogP contribution in [0.15, 0.2) is 0 Å². The first-order valence-corrected chi connectivity index (χ1v) is 4.90. The van der Waals surface area contributed by atoms with E-state index in [1.165, 1.54) is 13.8 Å². The SMILES string of the molecule is CCNC(=O)CCNC(=O)C(C)(C)C#N. The average molecular weight is 211 g/mol. The second-order valence-corrected chi connectivity index (χ2v) is 3.70. The molecule has 0 aliphatic rings. The summed E-state index contributed by atoms with van der Waals surface area (Å²) in [6, 6.07) is 1.89. The largest absolute Gasteiger partial charge is 0.356 e. The van der Waals surface area contributed by atoms with E-state index in [0.717, 1.165) is 0 Å². The van der Waals surface area contributed by atoms with Crippen molar-refractivity contribution < 1.29 is 9.59 Å². The predicted octanol–water partition coefficient (Wildman–Crippen LogP) is 0.179. The van der Waals surface area contributed by atoms with Crippen molar-refractivity contribution >= 4 is 11.8 Å². The van der Waals surface area contributed by atoms with Crippen molar-refractivity contribution in [2.24, 2.45) is 5.41 Å². The van der Waals surface area contributed by atoms with E-state index in [4.69, 9.17) is 5.26 Å². The Morgan fingerprint density at radius 3 is 2.40 bits per heavy atom. The molecule has 0 bridgehead atoms. The molecule has 0 fully saturated rings. The van der Waals surface area contributed by atoms with Crippen molar-refractivity contribution in [3.8, 4) is 6.07 Å². The Labute approximate surface area is 89.8 Å². The van der Waals surface area contributed by atoms with Gasteiger partial charge in [-0.15, -0.1) is 0 Å². The van der Waals surface area contributed by atoms with Crippen LogP contribution in [0.2, 0.25) is 0 Å². The second-order valence-electron chi connectivity index (χ2n) is 3.70. The van der Waals surface area contributed by atoms with E-state index in [-0.39, 0.29) is 24.8 Å². The summed E-state index contributed by atoms with van der Waals surface area (Å²) < 4.78 is 0. The maximum Gasteiger partial charge on any atom is 0.239 e. The molecule has 0 unspecified atom stereocenters. The van der Waals surface area contributed by atoms with Gasteiger partial charge in [-0.05, 0) is 20.8 Å². The number of hydrogen-bond acceptors (Lipinski definition) is 3. The Morgan fingerprint density at radius 2 is 1.93 bits per heavy atom. The zero-order chi connectivity index (χ0) is 11.9. The van der Waals surface area contributed by atoms with Crippen LogP contribution in [-0.2, 0) is 9.59 Å². The summed E-state index contributed by atoms with van der Waals surface area (Å²) in [5.41, 5.74) is -1.04. The molecule has 0 aromatic rings. The van der Waals surface area contributed by atoms with Crippen LogP contribution in [0, 0.1) is 16.7 Å². The summed E-state index contributed by atoms with van der Waals surface area (Å²) in [5.74, 6) is -0.457. The summed E-state index contributed by atoms with van der Waals surface area (Å²) in [7, 11) is 0. The van der Waals surface area contributed by atoms with Crippen molar-refractivity contribution in [1.29, 1.82) is 5.26 Å². The quantitative estimate of drug-likeness (QED) is 0.680. The molecule has 0 rings (SSSR count). The summed E-state index contributed by atoms with van der Waals surface area (Å²) in [6.07, 6.45) is 0.237. The van der Waals surface area contributed by atoms with Crippen molar-refractivity contribution in [1.82, 2.24) is 10.6 Å². The lowest BCUT2D eigenvalue weighted by Gasteiger charge is -2.14. The number of nitrogens with one attached hydrogen (secondary N) is 2. The van der Waals surface area contributed by atoms with Crippen LogP contribution in [0.3, 0.4) is 0 Å². The van der Waals surface area contributed by atoms with Crippen LogP contribution in [-0.4, -0.2) is 24.9 Å². The fourth-order valence-electron chi connectivity index (χ4n) is 0.847. The number of nitriles is 1. The maximum absolute atomic E-state index is 11.4. The van der Waals surface area contributed by atoms with Gasteiger partial charge in [0.2, 0.25) is 11.8 Å². The Morgan fingerprint density at radius 1 is 1.33 bits per heavy atom. The van der Waals surface area contributed by atoms with E-state index in [0.29, 0.717) is 6.54 Å². The van der Waals surface area contributed by atoms with E-state index in [2.05, 4.69) is 10.6 Å². The Balaban J connectivity index is 3.84. The molecule has 0 heterocycles. The summed E-state index contributed by atoms with van der Waals surface area (Å²) >= 11 is 0. The van der Waals surface area contributed by atoms with Crippen LogP contribution >= 0.6 is 0 Å². The van der Waals surface area contributed by atoms with Crippen molar-refractivity contribution in [3.63, 3.8) is 0 Å². The van der Waals surface area contributed by atoms with Crippen LogP contribution < -0.4 is 10.6 Å². The number of amides is 2. The monoisotopic (exact) mass is 211 g/mol. The molecule has 2 amide bonds. The molecule has 0 aromatic carbocycles. The molecule has 0 radical (unpaired) electrons. The van der Waals surface area contributed by atoms with E-state index < -0.39 is 5.41 Å². The first kappa shape index (κ1) is 13.4. The van der Waals surface area contributed by atoms with Gasteiger partial charge in [0.05, 0.1) is 6.07 Å². The number of carbonyl (C=O) groups excluding carboxylic acids is 2. The highest BCUT2D eigenvalue weighted by Gasteiger charge is 2.26. The number of hydrogen-bond donors (Lipinski definition) is 2. The lowest BCUT2D eigenvalue weighted by Crippen LogP contribution is -2.38. The van der Waals surface area contributed by atoms with Gasteiger partial charge in [0.25, 0.3) is 0 Å². The maximum atomic E-state index is 11.4. The average Bonchev–Trinajstić information content (AvgIpc) is 2.18. The van der Waals surface area contributed by atoms with Gasteiger partial charge in [-0.3, -0.25) is 9.59 Å². The molecular formula is C10H17N3O2. The van der Waals surface area contributed by atoms with Crippen LogP contribution in [0.1, 0.15) is 27.2 Å². The third-order valence-corrected chi connectivity index (χ3v) is 1.86. The third-order valence-electron chi connectivity index (χ3n) is 1.86. The standard InChI is InChI=1S/C10H17N3O2/c1-4-12-8(14)5-6-13-9(15)10(2,3)7-11/h4-6H2,1-3H3,(H,12,14)(H,13,15). The molecule has 5 nitrogen and oxygen atoms in total. The van der Waals surface area contributed by atoms with Crippen LogP contribution in [0.25, 0.3) is 0 Å². The first-order chi connectivity index (χ1) is 6.94. The zero-order valence-corrected chi connectivity index (χ0v) is 9.39. The molecule has 0 spiro atoms. The van der Waals surface area contributed by atoms with Gasteiger partial charge in [-0.25, -0.2) is 0 Å². The molecule has 0 saturated carbocycles. The normalized spacial score (nSPS) is 10.3. The summed E-state index contributed by atoms with van der Waals surface area (Å²) in [5, 5.41) is 13.8. The lowest BCUT2D eigenvalue weighted by molar-refractivity contribution is -0.127. The van der Waals surface area contributed by atoms with E-state index >= 15 is 0 Å². The van der Waals surface area contributed by atoms with Crippen LogP contribution in [0.5, 0.6) is 0 Å². The van der Waals surface area contributed by atoms with Crippen molar-refractivity contribution in [2.75, 3.05) is 13.1 Å². The van der Waals surface area contributed by atoms with Crippen molar-refractivity contribution in [3.05, 3.63) is 0 Å². The van der Waals surface area contributed by atoms with Gasteiger partial charge in [-0.2, -0.15) is 5.26 Å². The lowest BCUT2D eigenvalue weighted by atomic mass is 9.95. The fraction of sp³-hybridized carbons (Fsp3) is 0.700. The molecule has 2 N–H and O–H groups in total. The van der Waals surface area contributed by atoms with Gasteiger partial charge in [0.15, 0.2) is 0 Å². The Bertz CT molecular complexity index is 279. The number of rotatable bonds is 5. The fourth-order valence-corrected chi connectivity index (χ4v) is 0.847. The summed E-state index contributed by atoms with van der Waals surface area (Å²) in [6.45, 7) is 5.74. The zero-order valence-electron chi connectivity index (χ0n) is 9.39. The molecule has 0 aromatic heterocycles. The second kappa shape index (κ2) is 6.02. The smallest absolute Gasteiger partial charge is 0.239 e. The molecule has 0 saturated heterocycles. The van der Waals surface area contributed by atoms with Gasteiger partial charge in [-0.1, -0.05) is 0 Å². The van der Waals surface area contributed by atoms with E-state index in [1.54, 1.807) is 0 Å². The van der Waals surface area contributed by atoms with Crippen LogP contribution in [0.4, 0.5) is 0 Å². The van der Waals surface area contributed by atoms with Gasteiger partial charge >= 0.3 is 0 Å². The van der Waals surface area contributed by atoms with Crippen molar-refractivity contribution in [2.45, 2.75) is 27.2 Å². The molecular weight excluding hydrogens is 194 g/mol. The minimum atomic E-state index is -1.04. The van der Waals surface area contributed by atoms with E-state index in [1.807, 2.05) is 13.0 Å². The minimum absolute atomic E-state index is 0.104. The predicted molar refractivity (Wildman–Crippen MR) is 55.7 cm³/mol. The molecule has 0 aliphatic heterocycles. The molecule has 0 atom stereocenters. The Kier molecular flexibility index (Phi) is 5.39. The minimum Gasteiger partial charge on any atom is -0.356 e. The first-order valence-electron chi connectivity index (χ1n) is 4.90. The Hall–Kier alpha value is -1.57. The number of nitrogens with zero attached hydrogens (tertiary/aromatic N) is 1. The molecule has 5 heteroatoms. The number of carbonyl (C=O) groups is 2. The topological polar surface area (TPSA) is 82.0 Å². The van der Waals surface area contributed by atoms with Gasteiger partial charge in [0, 0.05) is 19.5 Å².